The molecular weight excluding hydrogens is 655 g/mol. The summed E-state index contributed by atoms with van der Waals surface area (Å²) in [4.78, 5) is 15.9. The van der Waals surface area contributed by atoms with Crippen LogP contribution in [0.5, 0.6) is 0 Å². The molecule has 3 heterocycles. The van der Waals surface area contributed by atoms with Crippen molar-refractivity contribution in [3.63, 3.8) is 0 Å². The second kappa shape index (κ2) is 11.4. The Morgan fingerprint density at radius 1 is 0.365 bits per heavy atom. The fourth-order valence-corrected chi connectivity index (χ4v) is 8.73. The molecule has 3 aromatic heterocycles. The first-order valence-corrected chi connectivity index (χ1v) is 18.2. The molecule has 0 amide bonds. The molecule has 0 aliphatic heterocycles. The highest BCUT2D eigenvalue weighted by Crippen LogP contribution is 2.43. The van der Waals surface area contributed by atoms with Crippen LogP contribution in [-0.4, -0.2) is 15.0 Å². The Balaban J connectivity index is 1.25. The van der Waals surface area contributed by atoms with E-state index in [0.717, 1.165) is 71.3 Å². The van der Waals surface area contributed by atoms with Crippen LogP contribution < -0.4 is 0 Å². The lowest BCUT2D eigenvalue weighted by Crippen LogP contribution is -2.01. The normalized spacial score (nSPS) is 11.8. The van der Waals surface area contributed by atoms with Crippen LogP contribution in [0.15, 0.2) is 168 Å². The first kappa shape index (κ1) is 29.1. The van der Waals surface area contributed by atoms with Crippen LogP contribution >= 0.6 is 11.3 Å². The molecule has 11 rings (SSSR count). The summed E-state index contributed by atoms with van der Waals surface area (Å²) in [7, 11) is 0. The summed E-state index contributed by atoms with van der Waals surface area (Å²) in [6, 6.07) is 57.4. The van der Waals surface area contributed by atoms with Gasteiger partial charge in [-0.25, -0.2) is 15.0 Å². The van der Waals surface area contributed by atoms with Crippen molar-refractivity contribution < 1.29 is 4.42 Å². The quantitative estimate of drug-likeness (QED) is 0.185. The summed E-state index contributed by atoms with van der Waals surface area (Å²) in [5.74, 6) is 1.86. The predicted octanol–water partition coefficient (Wildman–Crippen LogP) is 13.1. The van der Waals surface area contributed by atoms with Crippen LogP contribution in [0.25, 0.3) is 109 Å². The van der Waals surface area contributed by atoms with Crippen LogP contribution in [0, 0.1) is 0 Å². The van der Waals surface area contributed by atoms with E-state index in [1.54, 1.807) is 11.3 Å². The molecule has 0 spiro atoms. The molecule has 0 unspecified atom stereocenters. The Kier molecular flexibility index (Phi) is 6.39. The number of benzene rings is 8. The maximum atomic E-state index is 6.69. The third-order valence-electron chi connectivity index (χ3n) is 10.1. The van der Waals surface area contributed by atoms with E-state index < -0.39 is 0 Å². The standard InChI is InChI=1S/C47H27N3OS/c1-2-11-28(12-3-1)34-25-38(43-37-24-31-15-6-7-16-32(31)26-39(37)51-40(43)27-34)47-49-45(33-22-21-29-13-4-5-14-30(29)23-33)48-46(50-47)36-18-10-20-42-44(36)35-17-8-9-19-41(35)52-42/h1-27H. The maximum Gasteiger partial charge on any atom is 0.164 e. The number of fused-ring (bicyclic) bond motifs is 8. The zero-order valence-corrected chi connectivity index (χ0v) is 28.6. The van der Waals surface area contributed by atoms with Gasteiger partial charge in [0, 0.05) is 47.6 Å². The average Bonchev–Trinajstić information content (AvgIpc) is 3.77. The van der Waals surface area contributed by atoms with Crippen molar-refractivity contribution >= 4 is 75.0 Å². The number of aromatic nitrogens is 3. The molecule has 8 aromatic carbocycles. The number of thiophene rings is 1. The van der Waals surface area contributed by atoms with Crippen LogP contribution in [0.4, 0.5) is 0 Å². The topological polar surface area (TPSA) is 51.8 Å². The van der Waals surface area contributed by atoms with Crippen molar-refractivity contribution in [1.82, 2.24) is 15.0 Å². The minimum atomic E-state index is 0.600. The Hall–Kier alpha value is -6.69. The van der Waals surface area contributed by atoms with Gasteiger partial charge in [-0.3, -0.25) is 0 Å². The monoisotopic (exact) mass is 681 g/mol. The molecule has 0 saturated heterocycles. The fraction of sp³-hybridized carbons (Fsp3) is 0. The van der Waals surface area contributed by atoms with Crippen molar-refractivity contribution in [2.45, 2.75) is 0 Å². The van der Waals surface area contributed by atoms with Gasteiger partial charge in [-0.05, 0) is 75.1 Å². The van der Waals surface area contributed by atoms with Gasteiger partial charge in [0.15, 0.2) is 17.5 Å². The van der Waals surface area contributed by atoms with Gasteiger partial charge in [0.1, 0.15) is 11.2 Å². The predicted molar refractivity (Wildman–Crippen MR) is 217 cm³/mol. The highest BCUT2D eigenvalue weighted by Gasteiger charge is 2.22. The minimum Gasteiger partial charge on any atom is -0.456 e. The molecule has 0 N–H and O–H groups in total. The number of rotatable bonds is 4. The highest BCUT2D eigenvalue weighted by molar-refractivity contribution is 7.25. The van der Waals surface area contributed by atoms with Gasteiger partial charge in [0.2, 0.25) is 0 Å². The van der Waals surface area contributed by atoms with Crippen LogP contribution in [0.3, 0.4) is 0 Å². The van der Waals surface area contributed by atoms with Gasteiger partial charge in [-0.2, -0.15) is 0 Å². The van der Waals surface area contributed by atoms with Gasteiger partial charge in [0.25, 0.3) is 0 Å². The SMILES string of the molecule is c1ccc(-c2cc(-c3nc(-c4ccc5ccccc5c4)nc(-c4cccc5sc6ccccc6c45)n3)c3c(c2)oc2cc4ccccc4cc23)cc1. The van der Waals surface area contributed by atoms with E-state index in [1.165, 1.54) is 20.2 Å². The van der Waals surface area contributed by atoms with Gasteiger partial charge in [-0.15, -0.1) is 11.3 Å². The van der Waals surface area contributed by atoms with Crippen LogP contribution in [0.1, 0.15) is 0 Å². The zero-order valence-electron chi connectivity index (χ0n) is 27.7. The lowest BCUT2D eigenvalue weighted by atomic mass is 9.97. The van der Waals surface area contributed by atoms with Gasteiger partial charge >= 0.3 is 0 Å². The Morgan fingerprint density at radius 3 is 1.88 bits per heavy atom. The van der Waals surface area contributed by atoms with Crippen molar-refractivity contribution in [3.05, 3.63) is 164 Å². The molecule has 0 aliphatic rings. The van der Waals surface area contributed by atoms with E-state index >= 15 is 0 Å². The van der Waals surface area contributed by atoms with Crippen molar-refractivity contribution in [2.75, 3.05) is 0 Å². The Bertz CT molecular complexity index is 3200. The summed E-state index contributed by atoms with van der Waals surface area (Å²) in [5, 5.41) is 8.97. The lowest BCUT2D eigenvalue weighted by Gasteiger charge is -2.12. The highest BCUT2D eigenvalue weighted by atomic mass is 32.1. The van der Waals surface area contributed by atoms with Gasteiger partial charge in [0.05, 0.1) is 0 Å². The molecule has 0 aliphatic carbocycles. The molecule has 0 saturated carbocycles. The number of furan rings is 1. The van der Waals surface area contributed by atoms with Crippen molar-refractivity contribution in [1.29, 1.82) is 0 Å². The number of hydrogen-bond acceptors (Lipinski definition) is 5. The van der Waals surface area contributed by atoms with Gasteiger partial charge < -0.3 is 4.42 Å². The summed E-state index contributed by atoms with van der Waals surface area (Å²) in [6.45, 7) is 0. The fourth-order valence-electron chi connectivity index (χ4n) is 7.60. The van der Waals surface area contributed by atoms with E-state index in [1.807, 2.05) is 6.07 Å². The van der Waals surface area contributed by atoms with E-state index in [4.69, 9.17) is 19.4 Å². The number of hydrogen-bond donors (Lipinski definition) is 0. The number of nitrogens with zero attached hydrogens (tertiary/aromatic N) is 3. The van der Waals surface area contributed by atoms with E-state index in [2.05, 4.69) is 158 Å². The third kappa shape index (κ3) is 4.64. The molecule has 0 fully saturated rings. The molecule has 4 nitrogen and oxygen atoms in total. The third-order valence-corrected chi connectivity index (χ3v) is 11.2. The molecule has 52 heavy (non-hydrogen) atoms. The van der Waals surface area contributed by atoms with E-state index in [-0.39, 0.29) is 0 Å². The molecule has 0 bridgehead atoms. The molecular formula is C47H27N3OS. The molecule has 242 valence electrons. The Labute approximate surface area is 302 Å². The minimum absolute atomic E-state index is 0.600. The molecule has 0 atom stereocenters. The van der Waals surface area contributed by atoms with Crippen molar-refractivity contribution in [2.24, 2.45) is 0 Å². The molecule has 5 heteroatoms. The second-order valence-electron chi connectivity index (χ2n) is 13.2. The first-order chi connectivity index (χ1) is 25.7. The summed E-state index contributed by atoms with van der Waals surface area (Å²) >= 11 is 1.79. The maximum absolute atomic E-state index is 6.69. The van der Waals surface area contributed by atoms with Crippen LogP contribution in [-0.2, 0) is 0 Å². The second-order valence-corrected chi connectivity index (χ2v) is 14.3. The first-order valence-electron chi connectivity index (χ1n) is 17.3. The zero-order chi connectivity index (χ0) is 34.2. The van der Waals surface area contributed by atoms with Gasteiger partial charge in [-0.1, -0.05) is 121 Å². The van der Waals surface area contributed by atoms with E-state index in [0.29, 0.717) is 17.5 Å². The van der Waals surface area contributed by atoms with E-state index in [9.17, 15) is 0 Å². The average molecular weight is 682 g/mol. The summed E-state index contributed by atoms with van der Waals surface area (Å²) < 4.78 is 9.13. The smallest absolute Gasteiger partial charge is 0.164 e. The van der Waals surface area contributed by atoms with Crippen LogP contribution in [0.2, 0.25) is 0 Å². The largest absolute Gasteiger partial charge is 0.456 e. The lowest BCUT2D eigenvalue weighted by molar-refractivity contribution is 0.669. The molecule has 11 aromatic rings. The van der Waals surface area contributed by atoms with Crippen molar-refractivity contribution in [3.8, 4) is 45.3 Å². The Morgan fingerprint density at radius 2 is 1.04 bits per heavy atom. The summed E-state index contributed by atoms with van der Waals surface area (Å²) in [6.07, 6.45) is 0. The summed E-state index contributed by atoms with van der Waals surface area (Å²) in [5.41, 5.74) is 6.57. The molecule has 0 radical (unpaired) electrons.